The van der Waals surface area contributed by atoms with Gasteiger partial charge in [-0.05, 0) is 62.1 Å². The van der Waals surface area contributed by atoms with Crippen molar-refractivity contribution in [2.24, 2.45) is 0 Å². The van der Waals surface area contributed by atoms with Crippen LogP contribution in [-0.2, 0) is 6.54 Å². The van der Waals surface area contributed by atoms with E-state index >= 15 is 0 Å². The molecular formula is C21H24N2O2. The fourth-order valence-corrected chi connectivity index (χ4v) is 3.41. The molecule has 4 nitrogen and oxygen atoms in total. The molecule has 4 heteroatoms. The number of imidazole rings is 1. The summed E-state index contributed by atoms with van der Waals surface area (Å²) in [4.78, 5) is 4.78. The van der Waals surface area contributed by atoms with Crippen molar-refractivity contribution in [3.8, 4) is 5.75 Å². The number of benzene rings is 2. The molecule has 0 bridgehead atoms. The third kappa shape index (κ3) is 3.54. The van der Waals surface area contributed by atoms with Crippen molar-refractivity contribution in [3.05, 3.63) is 59.4 Å². The summed E-state index contributed by atoms with van der Waals surface area (Å²) in [5.74, 6) is 2.46. The average molecular weight is 336 g/mol. The summed E-state index contributed by atoms with van der Waals surface area (Å²) >= 11 is 0. The topological polar surface area (TPSA) is 47.3 Å². The number of hydrogen-bond donors (Lipinski definition) is 1. The maximum atomic E-state index is 10.5. The van der Waals surface area contributed by atoms with Crippen LogP contribution in [0.15, 0.2) is 42.5 Å². The minimum Gasteiger partial charge on any atom is -0.491 e. The second-order valence-electron chi connectivity index (χ2n) is 7.13. The largest absolute Gasteiger partial charge is 0.491 e. The highest BCUT2D eigenvalue weighted by molar-refractivity contribution is 5.76. The predicted molar refractivity (Wildman–Crippen MR) is 99.1 cm³/mol. The Labute approximate surface area is 148 Å². The second kappa shape index (κ2) is 6.52. The molecule has 4 rings (SSSR count). The van der Waals surface area contributed by atoms with Crippen LogP contribution in [0.2, 0.25) is 0 Å². The van der Waals surface area contributed by atoms with E-state index in [1.807, 2.05) is 30.3 Å². The third-order valence-corrected chi connectivity index (χ3v) is 4.66. The number of aliphatic hydroxyl groups is 1. The number of hydrogen-bond acceptors (Lipinski definition) is 3. The first-order chi connectivity index (χ1) is 12.1. The summed E-state index contributed by atoms with van der Waals surface area (Å²) in [5.41, 5.74) is 4.43. The number of nitrogens with zero attached hydrogens (tertiary/aromatic N) is 2. The lowest BCUT2D eigenvalue weighted by Gasteiger charge is -2.16. The van der Waals surface area contributed by atoms with Crippen molar-refractivity contribution >= 4 is 11.0 Å². The molecule has 0 spiro atoms. The summed E-state index contributed by atoms with van der Waals surface area (Å²) in [5, 5.41) is 10.5. The van der Waals surface area contributed by atoms with Crippen LogP contribution in [0.5, 0.6) is 5.75 Å². The molecule has 1 heterocycles. The fraction of sp³-hybridized carbons (Fsp3) is 0.381. The number of fused-ring (bicyclic) bond motifs is 1. The first-order valence-corrected chi connectivity index (χ1v) is 8.94. The van der Waals surface area contributed by atoms with Gasteiger partial charge in [-0.2, -0.15) is 0 Å². The lowest BCUT2D eigenvalue weighted by atomic mass is 10.1. The predicted octanol–water partition coefficient (Wildman–Crippen LogP) is 3.97. The molecule has 1 aromatic heterocycles. The number of aryl methyl sites for hydroxylation is 2. The van der Waals surface area contributed by atoms with Crippen molar-refractivity contribution in [1.29, 1.82) is 0 Å². The van der Waals surface area contributed by atoms with Crippen LogP contribution < -0.4 is 4.74 Å². The van der Waals surface area contributed by atoms with Crippen molar-refractivity contribution in [1.82, 2.24) is 9.55 Å². The summed E-state index contributed by atoms with van der Waals surface area (Å²) in [7, 11) is 0. The average Bonchev–Trinajstić information content (AvgIpc) is 3.36. The summed E-state index contributed by atoms with van der Waals surface area (Å²) in [6.45, 7) is 4.89. The Morgan fingerprint density at radius 2 is 1.88 bits per heavy atom. The maximum absolute atomic E-state index is 10.5. The number of ether oxygens (including phenoxy) is 1. The van der Waals surface area contributed by atoms with Crippen LogP contribution in [0.3, 0.4) is 0 Å². The summed E-state index contributed by atoms with van der Waals surface area (Å²) in [6.07, 6.45) is 1.81. The highest BCUT2D eigenvalue weighted by Crippen LogP contribution is 2.40. The number of aliphatic hydroxyl groups excluding tert-OH is 1. The Kier molecular flexibility index (Phi) is 4.22. The highest BCUT2D eigenvalue weighted by atomic mass is 16.5. The molecule has 0 saturated heterocycles. The fourth-order valence-electron chi connectivity index (χ4n) is 3.41. The first-order valence-electron chi connectivity index (χ1n) is 8.94. The van der Waals surface area contributed by atoms with Crippen molar-refractivity contribution in [3.63, 3.8) is 0 Å². The van der Waals surface area contributed by atoms with Gasteiger partial charge in [0.25, 0.3) is 0 Å². The van der Waals surface area contributed by atoms with E-state index in [4.69, 9.17) is 9.72 Å². The van der Waals surface area contributed by atoms with E-state index in [-0.39, 0.29) is 6.61 Å². The number of aromatic nitrogens is 2. The molecule has 0 amide bonds. The smallest absolute Gasteiger partial charge is 0.119 e. The Hall–Kier alpha value is -2.33. The lowest BCUT2D eigenvalue weighted by Crippen LogP contribution is -2.24. The van der Waals surface area contributed by atoms with Crippen molar-refractivity contribution in [2.75, 3.05) is 6.61 Å². The Bertz CT molecular complexity index is 876. The minimum absolute atomic E-state index is 0.277. The zero-order valence-electron chi connectivity index (χ0n) is 14.8. The van der Waals surface area contributed by atoms with Gasteiger partial charge in [-0.25, -0.2) is 4.98 Å². The van der Waals surface area contributed by atoms with E-state index in [9.17, 15) is 5.11 Å². The van der Waals surface area contributed by atoms with Gasteiger partial charge in [0.15, 0.2) is 0 Å². The zero-order valence-corrected chi connectivity index (χ0v) is 14.8. The molecule has 1 fully saturated rings. The number of rotatable bonds is 6. The Balaban J connectivity index is 1.50. The quantitative estimate of drug-likeness (QED) is 0.741. The van der Waals surface area contributed by atoms with Gasteiger partial charge in [0, 0.05) is 5.92 Å². The van der Waals surface area contributed by atoms with Gasteiger partial charge in [-0.1, -0.05) is 18.2 Å². The van der Waals surface area contributed by atoms with Crippen LogP contribution in [0.1, 0.15) is 35.7 Å². The van der Waals surface area contributed by atoms with Crippen molar-refractivity contribution in [2.45, 2.75) is 45.3 Å². The molecule has 2 aromatic carbocycles. The van der Waals surface area contributed by atoms with E-state index in [0.717, 1.165) is 22.6 Å². The van der Waals surface area contributed by atoms with Crippen LogP contribution in [0, 0.1) is 13.8 Å². The molecule has 1 saturated carbocycles. The summed E-state index contributed by atoms with van der Waals surface area (Å²) in [6, 6.07) is 14.3. The molecule has 1 unspecified atom stereocenters. The van der Waals surface area contributed by atoms with Gasteiger partial charge >= 0.3 is 0 Å². The van der Waals surface area contributed by atoms with E-state index in [0.29, 0.717) is 12.5 Å². The molecular weight excluding hydrogens is 312 g/mol. The first kappa shape index (κ1) is 16.2. The van der Waals surface area contributed by atoms with E-state index in [1.54, 1.807) is 0 Å². The van der Waals surface area contributed by atoms with Crippen LogP contribution in [0.4, 0.5) is 0 Å². The van der Waals surface area contributed by atoms with Crippen LogP contribution in [0.25, 0.3) is 11.0 Å². The Morgan fingerprint density at radius 3 is 2.60 bits per heavy atom. The highest BCUT2D eigenvalue weighted by Gasteiger charge is 2.30. The summed E-state index contributed by atoms with van der Waals surface area (Å²) < 4.78 is 7.99. The molecule has 0 aliphatic heterocycles. The zero-order chi connectivity index (χ0) is 17.4. The van der Waals surface area contributed by atoms with E-state index in [1.165, 1.54) is 24.0 Å². The van der Waals surface area contributed by atoms with Crippen molar-refractivity contribution < 1.29 is 9.84 Å². The van der Waals surface area contributed by atoms with Gasteiger partial charge in [0.05, 0.1) is 17.6 Å². The van der Waals surface area contributed by atoms with E-state index in [2.05, 4.69) is 30.5 Å². The van der Waals surface area contributed by atoms with Crippen LogP contribution in [-0.4, -0.2) is 27.4 Å². The third-order valence-electron chi connectivity index (χ3n) is 4.66. The molecule has 25 heavy (non-hydrogen) atoms. The second-order valence-corrected chi connectivity index (χ2v) is 7.13. The molecule has 0 radical (unpaired) electrons. The van der Waals surface area contributed by atoms with Gasteiger partial charge < -0.3 is 14.4 Å². The molecule has 1 aliphatic carbocycles. The molecule has 1 N–H and O–H groups in total. The number of para-hydroxylation sites is 2. The molecule has 130 valence electrons. The van der Waals surface area contributed by atoms with Gasteiger partial charge in [-0.15, -0.1) is 0 Å². The molecule has 3 aromatic rings. The SMILES string of the molecule is Cc1cc(C)cc(OCC(O)Cn2c(C3CC3)nc3ccccc32)c1. The normalized spacial score (nSPS) is 15.5. The standard InChI is InChI=1S/C21H24N2O2/c1-14-9-15(2)11-18(10-14)25-13-17(24)12-23-20-6-4-3-5-19(20)22-21(23)16-7-8-16/h3-6,9-11,16-17,24H,7-8,12-13H2,1-2H3. The van der Waals surface area contributed by atoms with Gasteiger partial charge in [0.2, 0.25) is 0 Å². The van der Waals surface area contributed by atoms with Gasteiger partial charge in [-0.3, -0.25) is 0 Å². The van der Waals surface area contributed by atoms with E-state index < -0.39 is 6.10 Å². The van der Waals surface area contributed by atoms with Gasteiger partial charge in [0.1, 0.15) is 24.3 Å². The minimum atomic E-state index is -0.573. The Morgan fingerprint density at radius 1 is 1.16 bits per heavy atom. The lowest BCUT2D eigenvalue weighted by molar-refractivity contribution is 0.0926. The molecule has 1 aliphatic rings. The van der Waals surface area contributed by atoms with Crippen LogP contribution >= 0.6 is 0 Å². The monoisotopic (exact) mass is 336 g/mol. The maximum Gasteiger partial charge on any atom is 0.119 e. The molecule has 1 atom stereocenters.